The number of nitrogens with one attached hydrogen (secondary N) is 1. The number of aromatic amines is 1. The highest BCUT2D eigenvalue weighted by molar-refractivity contribution is 6.20. The van der Waals surface area contributed by atoms with E-state index in [9.17, 15) is 10.1 Å². The van der Waals surface area contributed by atoms with Crippen LogP contribution in [0.1, 0.15) is 72.3 Å². The van der Waals surface area contributed by atoms with Crippen LogP contribution in [0.3, 0.4) is 0 Å². The van der Waals surface area contributed by atoms with Gasteiger partial charge in [-0.25, -0.2) is 0 Å². The Morgan fingerprint density at radius 3 is 2.70 bits per heavy atom. The van der Waals surface area contributed by atoms with Gasteiger partial charge in [0.1, 0.15) is 0 Å². The topological polar surface area (TPSA) is 63.1 Å². The van der Waals surface area contributed by atoms with Gasteiger partial charge in [0, 0.05) is 52.4 Å². The smallest absolute Gasteiger partial charge is 0.195 e. The number of carbonyl (C=O) groups is 1. The lowest BCUT2D eigenvalue weighted by Gasteiger charge is -2.34. The number of carbonyl (C=O) groups excluding carboxylic acids is 1. The van der Waals surface area contributed by atoms with E-state index in [4.69, 9.17) is 0 Å². The van der Waals surface area contributed by atoms with Gasteiger partial charge >= 0.3 is 0 Å². The van der Waals surface area contributed by atoms with Gasteiger partial charge in [-0.1, -0.05) is 26.0 Å². The van der Waals surface area contributed by atoms with Crippen molar-refractivity contribution in [1.82, 2.24) is 9.88 Å². The fourth-order valence-corrected chi connectivity index (χ4v) is 6.31. The summed E-state index contributed by atoms with van der Waals surface area (Å²) in [6.45, 7) is 9.00. The molecule has 0 amide bonds. The third-order valence-electron chi connectivity index (χ3n) is 8.08. The van der Waals surface area contributed by atoms with Crippen molar-refractivity contribution in [1.29, 1.82) is 5.26 Å². The van der Waals surface area contributed by atoms with Crippen LogP contribution >= 0.6 is 0 Å². The minimum atomic E-state index is -0.317. The zero-order valence-corrected chi connectivity index (χ0v) is 19.4. The van der Waals surface area contributed by atoms with Crippen LogP contribution in [0.2, 0.25) is 0 Å². The van der Waals surface area contributed by atoms with E-state index in [1.165, 1.54) is 44.5 Å². The number of anilines is 1. The molecule has 2 fully saturated rings. The molecule has 33 heavy (non-hydrogen) atoms. The average Bonchev–Trinajstić information content (AvgIpc) is 3.57. The molecule has 2 aromatic carbocycles. The molecule has 1 atom stereocenters. The molecule has 5 heteroatoms. The van der Waals surface area contributed by atoms with Crippen LogP contribution in [0.5, 0.6) is 0 Å². The maximum absolute atomic E-state index is 13.8. The summed E-state index contributed by atoms with van der Waals surface area (Å²) in [5.41, 5.74) is 5.93. The second-order valence-electron chi connectivity index (χ2n) is 10.4. The van der Waals surface area contributed by atoms with E-state index in [2.05, 4.69) is 52.9 Å². The number of benzene rings is 2. The first kappa shape index (κ1) is 20.5. The Morgan fingerprint density at radius 1 is 1.09 bits per heavy atom. The lowest BCUT2D eigenvalue weighted by atomic mass is 9.71. The van der Waals surface area contributed by atoms with Crippen LogP contribution in [-0.4, -0.2) is 47.9 Å². The molecule has 1 unspecified atom stereocenters. The number of nitrogens with zero attached hydrogens (tertiary/aromatic N) is 3. The molecule has 1 N–H and O–H groups in total. The number of aromatic nitrogens is 1. The van der Waals surface area contributed by atoms with Crippen molar-refractivity contribution in [3.05, 3.63) is 64.3 Å². The van der Waals surface area contributed by atoms with Crippen molar-refractivity contribution in [2.45, 2.75) is 51.0 Å². The van der Waals surface area contributed by atoms with Gasteiger partial charge < -0.3 is 14.8 Å². The lowest BCUT2D eigenvalue weighted by Crippen LogP contribution is -2.39. The van der Waals surface area contributed by atoms with Gasteiger partial charge in [-0.15, -0.1) is 0 Å². The molecule has 3 heterocycles. The summed E-state index contributed by atoms with van der Waals surface area (Å²) in [6.07, 6.45) is 5.07. The summed E-state index contributed by atoms with van der Waals surface area (Å²) in [5.74, 6) is 0.0902. The van der Waals surface area contributed by atoms with Gasteiger partial charge in [-0.05, 0) is 68.6 Å². The normalized spacial score (nSPS) is 21.9. The number of likely N-dealkylation sites (tertiary alicyclic amines) is 1. The summed E-state index contributed by atoms with van der Waals surface area (Å²) in [5, 5.41) is 10.2. The predicted octanol–water partition coefficient (Wildman–Crippen LogP) is 4.97. The largest absolute Gasteiger partial charge is 0.367 e. The molecule has 0 radical (unpaired) electrons. The zero-order chi connectivity index (χ0) is 22.7. The summed E-state index contributed by atoms with van der Waals surface area (Å²) in [4.78, 5) is 22.5. The SMILES string of the molecule is CC1(C)c2ccc(N3CCCC3CN3CCCC3)cc2C(=O)c2c1[nH]c1cc(C#N)ccc21. The third-order valence-corrected chi connectivity index (χ3v) is 8.08. The maximum atomic E-state index is 13.8. The van der Waals surface area contributed by atoms with Crippen LogP contribution in [-0.2, 0) is 5.41 Å². The Kier molecular flexibility index (Phi) is 4.64. The monoisotopic (exact) mass is 438 g/mol. The van der Waals surface area contributed by atoms with E-state index < -0.39 is 0 Å². The van der Waals surface area contributed by atoms with E-state index >= 15 is 0 Å². The number of nitriles is 1. The molecule has 5 nitrogen and oxygen atoms in total. The Morgan fingerprint density at radius 2 is 1.91 bits per heavy atom. The standard InChI is InChI=1S/C28H30N4O/c1-28(2)23-10-8-19(32-13-5-6-20(32)17-31-11-3-4-12-31)15-22(23)26(33)25-21-9-7-18(16-29)14-24(21)30-27(25)28/h7-10,14-15,20,30H,3-6,11-13,17H2,1-2H3. The molecular formula is C28H30N4O. The van der Waals surface area contributed by atoms with Gasteiger partial charge in [0.15, 0.2) is 5.78 Å². The second kappa shape index (κ2) is 7.46. The summed E-state index contributed by atoms with van der Waals surface area (Å²) in [6, 6.07) is 14.8. The van der Waals surface area contributed by atoms with Crippen molar-refractivity contribution in [3.63, 3.8) is 0 Å². The quantitative estimate of drug-likeness (QED) is 0.627. The fraction of sp³-hybridized carbons (Fsp3) is 0.429. The Bertz CT molecular complexity index is 1310. The molecule has 2 saturated heterocycles. The van der Waals surface area contributed by atoms with Crippen molar-refractivity contribution in [3.8, 4) is 6.07 Å². The highest BCUT2D eigenvalue weighted by Gasteiger charge is 2.40. The predicted molar refractivity (Wildman–Crippen MR) is 131 cm³/mol. The van der Waals surface area contributed by atoms with E-state index in [0.717, 1.165) is 46.4 Å². The van der Waals surface area contributed by atoms with Crippen LogP contribution in [0.4, 0.5) is 5.69 Å². The number of H-pyrrole nitrogens is 1. The van der Waals surface area contributed by atoms with Gasteiger partial charge in [-0.3, -0.25) is 4.79 Å². The summed E-state index contributed by atoms with van der Waals surface area (Å²) < 4.78 is 0. The molecule has 0 spiro atoms. The summed E-state index contributed by atoms with van der Waals surface area (Å²) >= 11 is 0. The van der Waals surface area contributed by atoms with Gasteiger partial charge in [0.2, 0.25) is 0 Å². The minimum Gasteiger partial charge on any atom is -0.367 e. The number of rotatable bonds is 3. The van der Waals surface area contributed by atoms with E-state index in [-0.39, 0.29) is 11.2 Å². The van der Waals surface area contributed by atoms with Crippen molar-refractivity contribution < 1.29 is 4.79 Å². The van der Waals surface area contributed by atoms with Crippen LogP contribution < -0.4 is 4.90 Å². The molecule has 1 aromatic heterocycles. The lowest BCUT2D eigenvalue weighted by molar-refractivity contribution is 0.103. The minimum absolute atomic E-state index is 0.0902. The molecule has 2 aliphatic heterocycles. The number of hydrogen-bond donors (Lipinski definition) is 1. The van der Waals surface area contributed by atoms with Gasteiger partial charge in [0.25, 0.3) is 0 Å². The first-order chi connectivity index (χ1) is 16.0. The van der Waals surface area contributed by atoms with Crippen LogP contribution in [0, 0.1) is 11.3 Å². The van der Waals surface area contributed by atoms with E-state index in [1.807, 2.05) is 12.1 Å². The molecule has 168 valence electrons. The van der Waals surface area contributed by atoms with Gasteiger partial charge in [-0.2, -0.15) is 5.26 Å². The highest BCUT2D eigenvalue weighted by Crippen LogP contribution is 2.45. The molecule has 6 rings (SSSR count). The first-order valence-corrected chi connectivity index (χ1v) is 12.2. The van der Waals surface area contributed by atoms with Crippen LogP contribution in [0.25, 0.3) is 10.9 Å². The molecule has 3 aromatic rings. The average molecular weight is 439 g/mol. The van der Waals surface area contributed by atoms with Gasteiger partial charge in [0.05, 0.1) is 17.2 Å². The molecule has 0 saturated carbocycles. The molecule has 1 aliphatic carbocycles. The van der Waals surface area contributed by atoms with E-state index in [1.54, 1.807) is 6.07 Å². The Balaban J connectivity index is 1.41. The fourth-order valence-electron chi connectivity index (χ4n) is 6.31. The Labute approximate surface area is 195 Å². The van der Waals surface area contributed by atoms with Crippen molar-refractivity contribution in [2.75, 3.05) is 31.1 Å². The number of ketones is 1. The summed E-state index contributed by atoms with van der Waals surface area (Å²) in [7, 11) is 0. The highest BCUT2D eigenvalue weighted by atomic mass is 16.1. The van der Waals surface area contributed by atoms with Crippen LogP contribution in [0.15, 0.2) is 36.4 Å². The zero-order valence-electron chi connectivity index (χ0n) is 19.4. The third kappa shape index (κ3) is 3.12. The first-order valence-electron chi connectivity index (χ1n) is 12.2. The molecule has 3 aliphatic rings. The molecular weight excluding hydrogens is 408 g/mol. The van der Waals surface area contributed by atoms with Crippen molar-refractivity contribution in [2.24, 2.45) is 0 Å². The second-order valence-corrected chi connectivity index (χ2v) is 10.4. The number of hydrogen-bond acceptors (Lipinski definition) is 4. The Hall–Kier alpha value is -3.10. The number of fused-ring (bicyclic) bond motifs is 4. The van der Waals surface area contributed by atoms with Crippen molar-refractivity contribution >= 4 is 22.4 Å². The van der Waals surface area contributed by atoms with E-state index in [0.29, 0.717) is 11.6 Å². The maximum Gasteiger partial charge on any atom is 0.195 e. The molecule has 0 bridgehead atoms.